The topological polar surface area (TPSA) is 54.0 Å². The van der Waals surface area contributed by atoms with Gasteiger partial charge in [-0.3, -0.25) is 0 Å². The van der Waals surface area contributed by atoms with Crippen molar-refractivity contribution in [3.63, 3.8) is 0 Å². The largest absolute Gasteiger partial charge is 0.462 e. The van der Waals surface area contributed by atoms with E-state index < -0.39 is 25.7 Å². The van der Waals surface area contributed by atoms with Gasteiger partial charge < -0.3 is 17.1 Å². The monoisotopic (exact) mass is 358 g/mol. The van der Waals surface area contributed by atoms with Crippen LogP contribution in [0.2, 0.25) is 25.7 Å². The van der Waals surface area contributed by atoms with E-state index in [1.54, 1.807) is 18.3 Å². The molecule has 0 aromatic rings. The minimum Gasteiger partial charge on any atom is -0.462 e. The molecule has 1 aliphatic rings. The first-order valence-corrected chi connectivity index (χ1v) is 14.6. The van der Waals surface area contributed by atoms with Crippen molar-refractivity contribution in [2.24, 2.45) is 0 Å². The maximum atomic E-state index is 11.4. The second-order valence-electron chi connectivity index (χ2n) is 5.90. The van der Waals surface area contributed by atoms with Crippen LogP contribution in [0.15, 0.2) is 36.7 Å². The Morgan fingerprint density at radius 3 is 2.00 bits per heavy atom. The first-order valence-electron chi connectivity index (χ1n) is 7.27. The van der Waals surface area contributed by atoms with Crippen LogP contribution in [0.1, 0.15) is 13.3 Å². The van der Waals surface area contributed by atoms with E-state index in [0.29, 0.717) is 18.6 Å². The summed E-state index contributed by atoms with van der Waals surface area (Å²) in [5.41, 5.74) is 3.98. The Labute approximate surface area is 136 Å². The van der Waals surface area contributed by atoms with Gasteiger partial charge in [0.25, 0.3) is 0 Å². The van der Waals surface area contributed by atoms with E-state index in [9.17, 15) is 4.79 Å². The van der Waals surface area contributed by atoms with Gasteiger partial charge in [-0.1, -0.05) is 18.0 Å². The third-order valence-electron chi connectivity index (χ3n) is 3.34. The molecular formula is C14H26O5Si3. The summed E-state index contributed by atoms with van der Waals surface area (Å²) in [6.45, 7) is 19.2. The normalized spacial score (nSPS) is 34.7. The second kappa shape index (κ2) is 7.20. The standard InChI is InChI=1S/C14H26O5Si3/c1-8-20(5)17-21(6,9-2)19-22(7,18-20)12-10-11-16-14(15)13(3)4/h8-9H,1-3,10-12H2,4-7H3. The highest BCUT2D eigenvalue weighted by Gasteiger charge is 2.54. The maximum Gasteiger partial charge on any atom is 0.343 e. The maximum absolute atomic E-state index is 11.4. The number of hydrogen-bond donors (Lipinski definition) is 0. The predicted octanol–water partition coefficient (Wildman–Crippen LogP) is 3.23. The number of hydrogen-bond acceptors (Lipinski definition) is 5. The molecule has 5 nitrogen and oxygen atoms in total. The number of esters is 1. The van der Waals surface area contributed by atoms with Gasteiger partial charge in [0.15, 0.2) is 0 Å². The van der Waals surface area contributed by atoms with Gasteiger partial charge in [-0.2, -0.15) is 0 Å². The fraction of sp³-hybridized carbons (Fsp3) is 0.500. The van der Waals surface area contributed by atoms with E-state index in [1.165, 1.54) is 0 Å². The summed E-state index contributed by atoms with van der Waals surface area (Å²) in [6, 6.07) is 0.729. The molecule has 2 atom stereocenters. The molecule has 1 heterocycles. The molecule has 8 heteroatoms. The van der Waals surface area contributed by atoms with Gasteiger partial charge in [-0.15, -0.1) is 13.2 Å². The minimum atomic E-state index is -2.43. The number of ether oxygens (including phenoxy) is 1. The first kappa shape index (κ1) is 19.3. The van der Waals surface area contributed by atoms with Crippen LogP contribution in [0.5, 0.6) is 0 Å². The quantitative estimate of drug-likeness (QED) is 0.303. The average Bonchev–Trinajstić information content (AvgIpc) is 2.42. The Kier molecular flexibility index (Phi) is 6.30. The van der Waals surface area contributed by atoms with Crippen LogP contribution in [-0.4, -0.2) is 38.3 Å². The first-order chi connectivity index (χ1) is 10.1. The lowest BCUT2D eigenvalue weighted by Gasteiger charge is -2.48. The molecule has 1 aliphatic heterocycles. The zero-order chi connectivity index (χ0) is 17.0. The van der Waals surface area contributed by atoms with Crippen molar-refractivity contribution in [1.82, 2.24) is 0 Å². The summed E-state index contributed by atoms with van der Waals surface area (Å²) in [7, 11) is -7.27. The van der Waals surface area contributed by atoms with Crippen molar-refractivity contribution < 1.29 is 21.9 Å². The molecule has 124 valence electrons. The third kappa shape index (κ3) is 5.14. The molecule has 0 saturated carbocycles. The van der Waals surface area contributed by atoms with Crippen LogP contribution in [-0.2, 0) is 21.9 Å². The van der Waals surface area contributed by atoms with E-state index in [2.05, 4.69) is 19.7 Å². The smallest absolute Gasteiger partial charge is 0.343 e. The van der Waals surface area contributed by atoms with E-state index in [4.69, 9.17) is 17.1 Å². The zero-order valence-electron chi connectivity index (χ0n) is 13.9. The van der Waals surface area contributed by atoms with Crippen LogP contribution in [0.4, 0.5) is 0 Å². The fourth-order valence-corrected chi connectivity index (χ4v) is 16.9. The summed E-state index contributed by atoms with van der Waals surface area (Å²) < 4.78 is 23.6. The van der Waals surface area contributed by atoms with E-state index >= 15 is 0 Å². The Balaban J connectivity index is 2.66. The van der Waals surface area contributed by atoms with Crippen LogP contribution in [0, 0.1) is 0 Å². The summed E-state index contributed by atoms with van der Waals surface area (Å²) in [4.78, 5) is 11.4. The lowest BCUT2D eigenvalue weighted by molar-refractivity contribution is -0.138. The Hall–Kier alpha value is -0.779. The van der Waals surface area contributed by atoms with E-state index in [0.717, 1.165) is 6.04 Å². The van der Waals surface area contributed by atoms with Crippen LogP contribution < -0.4 is 0 Å². The van der Waals surface area contributed by atoms with Crippen molar-refractivity contribution in [3.05, 3.63) is 36.7 Å². The lowest BCUT2D eigenvalue weighted by atomic mass is 10.4. The fourth-order valence-electron chi connectivity index (χ4n) is 2.27. The minimum absolute atomic E-state index is 0.334. The molecule has 0 aliphatic carbocycles. The van der Waals surface area contributed by atoms with Crippen LogP contribution >= 0.6 is 0 Å². The van der Waals surface area contributed by atoms with E-state index in [-0.39, 0.29) is 5.97 Å². The molecule has 2 unspecified atom stereocenters. The Bertz CT molecular complexity index is 459. The number of carbonyl (C=O) groups excluding carboxylic acids is 1. The van der Waals surface area contributed by atoms with Crippen molar-refractivity contribution in [2.45, 2.75) is 39.0 Å². The lowest BCUT2D eigenvalue weighted by Crippen LogP contribution is -2.66. The highest BCUT2D eigenvalue weighted by atomic mass is 28.5. The van der Waals surface area contributed by atoms with Crippen molar-refractivity contribution in [2.75, 3.05) is 6.61 Å². The van der Waals surface area contributed by atoms with E-state index in [1.807, 2.05) is 19.6 Å². The molecule has 0 N–H and O–H groups in total. The molecule has 0 aromatic heterocycles. The highest BCUT2D eigenvalue weighted by Crippen LogP contribution is 2.34. The zero-order valence-corrected chi connectivity index (χ0v) is 16.9. The molecule has 1 fully saturated rings. The number of rotatable bonds is 7. The Morgan fingerprint density at radius 2 is 1.59 bits per heavy atom. The second-order valence-corrected chi connectivity index (χ2v) is 16.0. The van der Waals surface area contributed by atoms with Gasteiger partial charge in [-0.25, -0.2) is 4.79 Å². The molecule has 0 bridgehead atoms. The van der Waals surface area contributed by atoms with Crippen molar-refractivity contribution in [3.8, 4) is 0 Å². The van der Waals surface area contributed by atoms with Gasteiger partial charge in [0.05, 0.1) is 6.61 Å². The van der Waals surface area contributed by atoms with Crippen LogP contribution in [0.3, 0.4) is 0 Å². The van der Waals surface area contributed by atoms with Gasteiger partial charge in [0, 0.05) is 5.57 Å². The molecule has 0 amide bonds. The summed E-state index contributed by atoms with van der Waals surface area (Å²) in [5.74, 6) is -0.365. The van der Waals surface area contributed by atoms with Crippen LogP contribution in [0.25, 0.3) is 0 Å². The Morgan fingerprint density at radius 1 is 1.09 bits per heavy atom. The molecular weight excluding hydrogens is 332 g/mol. The van der Waals surface area contributed by atoms with Gasteiger partial charge in [-0.05, 0) is 39.0 Å². The SMILES string of the molecule is C=C[Si]1(C)O[Si](C)(C=C)O[Si](C)(CCCOC(=O)C(=C)C)O1. The van der Waals surface area contributed by atoms with Crippen molar-refractivity contribution >= 4 is 31.7 Å². The highest BCUT2D eigenvalue weighted by molar-refractivity contribution is 6.96. The van der Waals surface area contributed by atoms with Crippen molar-refractivity contribution in [1.29, 1.82) is 0 Å². The predicted molar refractivity (Wildman–Crippen MR) is 93.7 cm³/mol. The molecule has 0 radical (unpaired) electrons. The molecule has 1 rings (SSSR count). The van der Waals surface area contributed by atoms with Gasteiger partial charge in [0.2, 0.25) is 0 Å². The van der Waals surface area contributed by atoms with Gasteiger partial charge in [0.1, 0.15) is 0 Å². The number of carbonyl (C=O) groups is 1. The summed E-state index contributed by atoms with van der Waals surface area (Å²) in [6.07, 6.45) is 0.686. The molecule has 22 heavy (non-hydrogen) atoms. The average molecular weight is 359 g/mol. The molecule has 0 spiro atoms. The third-order valence-corrected chi connectivity index (χ3v) is 16.0. The summed E-state index contributed by atoms with van der Waals surface area (Å²) >= 11 is 0. The molecule has 0 aromatic carbocycles. The summed E-state index contributed by atoms with van der Waals surface area (Å²) in [5, 5.41) is 0. The van der Waals surface area contributed by atoms with Gasteiger partial charge >= 0.3 is 31.7 Å². The molecule has 1 saturated heterocycles.